The van der Waals surface area contributed by atoms with Crippen LogP contribution in [0.3, 0.4) is 0 Å². The van der Waals surface area contributed by atoms with Gasteiger partial charge in [0.05, 0.1) is 11.4 Å². The summed E-state index contributed by atoms with van der Waals surface area (Å²) in [5, 5.41) is 0.742. The normalized spacial score (nSPS) is 11.8. The highest BCUT2D eigenvalue weighted by atomic mass is 19.1. The van der Waals surface area contributed by atoms with Crippen molar-refractivity contribution < 1.29 is 4.39 Å². The number of nitrogens with one attached hydrogen (secondary N) is 1. The number of halogens is 1. The highest BCUT2D eigenvalue weighted by Crippen LogP contribution is 2.30. The summed E-state index contributed by atoms with van der Waals surface area (Å²) >= 11 is 0. The Bertz CT molecular complexity index is 558. The molecule has 0 aliphatic rings. The van der Waals surface area contributed by atoms with Gasteiger partial charge in [-0.1, -0.05) is 32.9 Å². The average Bonchev–Trinajstić information content (AvgIpc) is 2.26. The molecule has 4 heteroatoms. The number of nitrogens with two attached hydrogens (primary N) is 1. The number of aromatic nitrogens is 1. The van der Waals surface area contributed by atoms with Crippen molar-refractivity contribution in [3.63, 3.8) is 0 Å². The second kappa shape index (κ2) is 3.96. The van der Waals surface area contributed by atoms with Crippen LogP contribution in [0.2, 0.25) is 0 Å². The lowest BCUT2D eigenvalue weighted by Gasteiger charge is -2.21. The van der Waals surface area contributed by atoms with E-state index in [1.54, 1.807) is 6.07 Å². The van der Waals surface area contributed by atoms with E-state index in [1.165, 1.54) is 6.07 Å². The quantitative estimate of drug-likeness (QED) is 0.588. The first-order chi connectivity index (χ1) is 7.93. The SMILES string of the molecule is CC(C)(C)c1nc2c(F)cccc2cc1NN. The number of anilines is 1. The van der Waals surface area contributed by atoms with Gasteiger partial charge in [-0.2, -0.15) is 0 Å². The van der Waals surface area contributed by atoms with Crippen LogP contribution in [0, 0.1) is 5.82 Å². The molecule has 0 saturated carbocycles. The minimum absolute atomic E-state index is 0.196. The van der Waals surface area contributed by atoms with Crippen molar-refractivity contribution in [2.75, 3.05) is 5.43 Å². The molecule has 0 radical (unpaired) electrons. The van der Waals surface area contributed by atoms with Crippen molar-refractivity contribution in [3.8, 4) is 0 Å². The van der Waals surface area contributed by atoms with Gasteiger partial charge in [-0.05, 0) is 12.1 Å². The Labute approximate surface area is 99.8 Å². The van der Waals surface area contributed by atoms with Gasteiger partial charge in [0.25, 0.3) is 0 Å². The second-order valence-corrected chi connectivity index (χ2v) is 5.09. The molecule has 0 atom stereocenters. The van der Waals surface area contributed by atoms with Crippen molar-refractivity contribution in [3.05, 3.63) is 35.8 Å². The van der Waals surface area contributed by atoms with Gasteiger partial charge >= 0.3 is 0 Å². The number of pyridine rings is 1. The molecular weight excluding hydrogens is 217 g/mol. The summed E-state index contributed by atoms with van der Waals surface area (Å²) in [5.74, 6) is 5.18. The van der Waals surface area contributed by atoms with Gasteiger partial charge in [0, 0.05) is 10.8 Å². The van der Waals surface area contributed by atoms with Crippen LogP contribution in [0.15, 0.2) is 24.3 Å². The van der Waals surface area contributed by atoms with Gasteiger partial charge in [-0.3, -0.25) is 5.84 Å². The first-order valence-electron chi connectivity index (χ1n) is 5.50. The molecule has 1 aromatic carbocycles. The summed E-state index contributed by atoms with van der Waals surface area (Å²) in [6.45, 7) is 6.05. The molecule has 0 amide bonds. The fourth-order valence-electron chi connectivity index (χ4n) is 1.84. The Balaban J connectivity index is 2.79. The monoisotopic (exact) mass is 233 g/mol. The third kappa shape index (κ3) is 2.08. The van der Waals surface area contributed by atoms with E-state index in [4.69, 9.17) is 5.84 Å². The molecule has 0 aliphatic carbocycles. The molecule has 1 aromatic heterocycles. The molecule has 0 bridgehead atoms. The van der Waals surface area contributed by atoms with Crippen LogP contribution in [0.1, 0.15) is 26.5 Å². The van der Waals surface area contributed by atoms with Crippen molar-refractivity contribution in [2.24, 2.45) is 5.84 Å². The van der Waals surface area contributed by atoms with Gasteiger partial charge in [0.15, 0.2) is 0 Å². The minimum atomic E-state index is -0.309. The topological polar surface area (TPSA) is 50.9 Å². The number of nitrogens with zero attached hydrogens (tertiary/aromatic N) is 1. The Morgan fingerprint density at radius 2 is 2.00 bits per heavy atom. The fourth-order valence-corrected chi connectivity index (χ4v) is 1.84. The van der Waals surface area contributed by atoms with Crippen LogP contribution in [0.25, 0.3) is 10.9 Å². The van der Waals surface area contributed by atoms with Crippen LogP contribution >= 0.6 is 0 Å². The van der Waals surface area contributed by atoms with Gasteiger partial charge in [0.2, 0.25) is 0 Å². The zero-order valence-corrected chi connectivity index (χ0v) is 10.2. The van der Waals surface area contributed by atoms with E-state index < -0.39 is 0 Å². The number of nitrogen functional groups attached to an aromatic ring is 1. The van der Waals surface area contributed by atoms with Crippen LogP contribution in [-0.2, 0) is 5.41 Å². The van der Waals surface area contributed by atoms with Crippen molar-refractivity contribution in [2.45, 2.75) is 26.2 Å². The minimum Gasteiger partial charge on any atom is -0.322 e. The zero-order valence-electron chi connectivity index (χ0n) is 10.2. The van der Waals surface area contributed by atoms with Crippen molar-refractivity contribution in [1.82, 2.24) is 4.98 Å². The maximum Gasteiger partial charge on any atom is 0.149 e. The van der Waals surface area contributed by atoms with Crippen LogP contribution in [-0.4, -0.2) is 4.98 Å². The number of para-hydroxylation sites is 1. The molecular formula is C13H16FN3. The third-order valence-corrected chi connectivity index (χ3v) is 2.66. The van der Waals surface area contributed by atoms with E-state index >= 15 is 0 Å². The third-order valence-electron chi connectivity index (χ3n) is 2.66. The van der Waals surface area contributed by atoms with E-state index in [0.29, 0.717) is 5.52 Å². The smallest absolute Gasteiger partial charge is 0.149 e. The fraction of sp³-hybridized carbons (Fsp3) is 0.308. The van der Waals surface area contributed by atoms with E-state index in [1.807, 2.05) is 32.9 Å². The standard InChI is InChI=1S/C13H16FN3/c1-13(2,3)12-10(17-15)7-8-5-4-6-9(14)11(8)16-12/h4-7,17H,15H2,1-3H3. The van der Waals surface area contributed by atoms with E-state index in [2.05, 4.69) is 10.4 Å². The summed E-state index contributed by atoms with van der Waals surface area (Å²) in [5.41, 5.74) is 4.31. The molecule has 3 nitrogen and oxygen atoms in total. The predicted molar refractivity (Wildman–Crippen MR) is 68.2 cm³/mol. The summed E-state index contributed by atoms with van der Waals surface area (Å²) in [6, 6.07) is 6.72. The molecule has 17 heavy (non-hydrogen) atoms. The van der Waals surface area contributed by atoms with Crippen LogP contribution in [0.5, 0.6) is 0 Å². The molecule has 2 aromatic rings. The second-order valence-electron chi connectivity index (χ2n) is 5.09. The lowest BCUT2D eigenvalue weighted by atomic mass is 9.90. The molecule has 0 saturated heterocycles. The number of hydrogen-bond donors (Lipinski definition) is 2. The molecule has 2 rings (SSSR count). The van der Waals surface area contributed by atoms with Gasteiger partial charge in [0.1, 0.15) is 11.3 Å². The summed E-state index contributed by atoms with van der Waals surface area (Å²) in [4.78, 5) is 4.40. The first kappa shape index (κ1) is 11.8. The number of fused-ring (bicyclic) bond motifs is 1. The van der Waals surface area contributed by atoms with Crippen molar-refractivity contribution in [1.29, 1.82) is 0 Å². The molecule has 0 fully saturated rings. The molecule has 1 heterocycles. The Hall–Kier alpha value is -1.68. The molecule has 0 unspecified atom stereocenters. The highest BCUT2D eigenvalue weighted by molar-refractivity contribution is 5.83. The Kier molecular flexibility index (Phi) is 2.75. The molecule has 0 spiro atoms. The predicted octanol–water partition coefficient (Wildman–Crippen LogP) is 2.96. The van der Waals surface area contributed by atoms with E-state index in [0.717, 1.165) is 16.8 Å². The lowest BCUT2D eigenvalue weighted by Crippen LogP contribution is -2.19. The average molecular weight is 233 g/mol. The molecule has 90 valence electrons. The van der Waals surface area contributed by atoms with Crippen molar-refractivity contribution >= 4 is 16.6 Å². The van der Waals surface area contributed by atoms with Gasteiger partial charge in [-0.25, -0.2) is 9.37 Å². The number of rotatable bonds is 1. The summed E-state index contributed by atoms with van der Waals surface area (Å²) in [6.07, 6.45) is 0. The first-order valence-corrected chi connectivity index (χ1v) is 5.50. The number of hydrogen-bond acceptors (Lipinski definition) is 3. The van der Waals surface area contributed by atoms with Crippen LogP contribution in [0.4, 0.5) is 10.1 Å². The lowest BCUT2D eigenvalue weighted by molar-refractivity contribution is 0.570. The highest BCUT2D eigenvalue weighted by Gasteiger charge is 2.21. The largest absolute Gasteiger partial charge is 0.322 e. The Morgan fingerprint density at radius 3 is 2.59 bits per heavy atom. The van der Waals surface area contributed by atoms with E-state index in [9.17, 15) is 4.39 Å². The van der Waals surface area contributed by atoms with Gasteiger partial charge < -0.3 is 5.43 Å². The van der Waals surface area contributed by atoms with Gasteiger partial charge in [-0.15, -0.1) is 0 Å². The maximum absolute atomic E-state index is 13.7. The molecule has 0 aliphatic heterocycles. The number of hydrazine groups is 1. The summed E-state index contributed by atoms with van der Waals surface area (Å²) < 4.78 is 13.7. The maximum atomic E-state index is 13.7. The Morgan fingerprint density at radius 1 is 1.29 bits per heavy atom. The summed E-state index contributed by atoms with van der Waals surface area (Å²) in [7, 11) is 0. The van der Waals surface area contributed by atoms with E-state index in [-0.39, 0.29) is 11.2 Å². The molecule has 3 N–H and O–H groups in total. The zero-order chi connectivity index (χ0) is 12.6. The number of benzene rings is 1. The van der Waals surface area contributed by atoms with Crippen LogP contribution < -0.4 is 11.3 Å².